The molecule has 7 rings (SSSR count). The number of aryl methyl sites for hydroxylation is 1. The lowest BCUT2D eigenvalue weighted by atomic mass is 9.47. The van der Waals surface area contributed by atoms with Crippen molar-refractivity contribution in [2.75, 3.05) is 13.7 Å². The van der Waals surface area contributed by atoms with Gasteiger partial charge in [0.1, 0.15) is 6.10 Å². The van der Waals surface area contributed by atoms with Crippen molar-refractivity contribution in [3.8, 4) is 0 Å². The molecule has 8 atom stereocenters. The Kier molecular flexibility index (Phi) is 16.5. The average molecular weight is 858 g/mol. The molecular weight excluding hydrogens is 799 g/mol. The number of ketones is 1. The van der Waals surface area contributed by atoms with E-state index in [4.69, 9.17) is 29.2 Å². The number of esters is 2. The van der Waals surface area contributed by atoms with E-state index in [-0.39, 0.29) is 43.0 Å². The molecule has 2 bridgehead atoms. The normalized spacial score (nSPS) is 27.6. The fraction of sp³-hybridized carbons (Fsp3) is 0.458. The minimum Gasteiger partial charge on any atom is -0.481 e. The third-order valence-corrected chi connectivity index (χ3v) is 12.6. The van der Waals surface area contributed by atoms with Gasteiger partial charge >= 0.3 is 17.9 Å². The Labute approximate surface area is 362 Å². The standard InChI is InChI=1S/C31H40O8.C8H9NO.C7H6O2.C2H4O2/c1-17-23(39-25(34)12-11-19-9-7-6-8-10-19)15-31(36)14-21-20-16-37-22(20)13-24(33)30(21,5)28(35)27(38-18(2)32)26(17)29(31,3)4;1-9-8(10)7-5-3-2-4-6-7;8-7(9)6-4-2-1-3-5-6;1-2(3)4/h6-10,20-24,27,33,36H,11-16H2,1-5H3;2-6H,1H3,(H,9,10);1-5H,(H,8,9);1H3,(H,3,4)/t20?,21?,22?,23-,24?,27?,30?,31?;;;/m0.../s1. The Balaban J connectivity index is 0.000000297. The summed E-state index contributed by atoms with van der Waals surface area (Å²) in [7, 11) is 1.62. The highest BCUT2D eigenvalue weighted by atomic mass is 16.6. The number of nitrogens with one attached hydrogen (secondary N) is 1. The first-order chi connectivity index (χ1) is 29.2. The number of Topliss-reactive ketones (excluding diaryl/α,β-unsaturated/α-hetero) is 1. The van der Waals surface area contributed by atoms with Crippen molar-refractivity contribution >= 4 is 35.6 Å². The maximum absolute atomic E-state index is 14.4. The summed E-state index contributed by atoms with van der Waals surface area (Å²) in [5.74, 6) is -3.57. The van der Waals surface area contributed by atoms with E-state index in [2.05, 4.69) is 5.32 Å². The fourth-order valence-corrected chi connectivity index (χ4v) is 8.94. The largest absolute Gasteiger partial charge is 0.481 e. The molecule has 1 aliphatic heterocycles. The topological polar surface area (TPSA) is 223 Å². The summed E-state index contributed by atoms with van der Waals surface area (Å²) in [6, 6.07) is 27.1. The number of rotatable bonds is 7. The molecule has 334 valence electrons. The molecule has 4 aliphatic rings. The number of carbonyl (C=O) groups is 6. The maximum atomic E-state index is 14.4. The molecule has 1 heterocycles. The van der Waals surface area contributed by atoms with E-state index in [1.807, 2.05) is 62.4 Å². The van der Waals surface area contributed by atoms with Crippen LogP contribution in [-0.2, 0) is 39.8 Å². The van der Waals surface area contributed by atoms with Crippen molar-refractivity contribution in [2.45, 2.75) is 104 Å². The first-order valence-electron chi connectivity index (χ1n) is 20.6. The Morgan fingerprint density at radius 2 is 1.35 bits per heavy atom. The molecular formula is C48H59NO13. The van der Waals surface area contributed by atoms with E-state index < -0.39 is 64.5 Å². The second kappa shape index (κ2) is 20.9. The minimum atomic E-state index is -1.39. The van der Waals surface area contributed by atoms with E-state index in [0.29, 0.717) is 41.7 Å². The van der Waals surface area contributed by atoms with E-state index in [1.165, 1.54) is 6.92 Å². The SMILES string of the molecule is CC(=O)O.CC(=O)OC1C(=O)C2(C)C(O)CC3OCC3C2CC2(O)C[C@H](OC(=O)CCc3ccccc3)C(C)=C1C2(C)C.CNC(=O)c1ccccc1.O=C(O)c1ccccc1. The van der Waals surface area contributed by atoms with Crippen LogP contribution in [0.3, 0.4) is 0 Å². The number of ether oxygens (including phenoxy) is 3. The van der Waals surface area contributed by atoms with Crippen LogP contribution in [0.1, 0.15) is 93.5 Å². The summed E-state index contributed by atoms with van der Waals surface area (Å²) in [5, 5.41) is 42.1. The van der Waals surface area contributed by atoms with Gasteiger partial charge in [0, 0.05) is 57.1 Å². The first kappa shape index (κ1) is 49.0. The van der Waals surface area contributed by atoms with Gasteiger partial charge in [-0.25, -0.2) is 4.79 Å². The molecule has 3 aliphatic carbocycles. The third kappa shape index (κ3) is 11.2. The zero-order valence-electron chi connectivity index (χ0n) is 36.3. The molecule has 5 N–H and O–H groups in total. The highest BCUT2D eigenvalue weighted by Gasteiger charge is 2.67. The number of aliphatic hydroxyl groups is 2. The maximum Gasteiger partial charge on any atom is 0.335 e. The Morgan fingerprint density at radius 1 is 0.823 bits per heavy atom. The van der Waals surface area contributed by atoms with Crippen molar-refractivity contribution < 1.29 is 63.4 Å². The molecule has 0 aromatic heterocycles. The lowest BCUT2D eigenvalue weighted by Crippen LogP contribution is -2.69. The van der Waals surface area contributed by atoms with E-state index >= 15 is 0 Å². The van der Waals surface area contributed by atoms with Crippen LogP contribution in [0.25, 0.3) is 0 Å². The number of amides is 1. The summed E-state index contributed by atoms with van der Waals surface area (Å²) >= 11 is 0. The van der Waals surface area contributed by atoms with Crippen LogP contribution in [0.5, 0.6) is 0 Å². The van der Waals surface area contributed by atoms with Crippen molar-refractivity contribution in [3.63, 3.8) is 0 Å². The molecule has 1 amide bonds. The van der Waals surface area contributed by atoms with Gasteiger partial charge in [-0.15, -0.1) is 0 Å². The Bertz CT molecular complexity index is 2080. The van der Waals surface area contributed by atoms with Gasteiger partial charge in [-0.2, -0.15) is 0 Å². The highest BCUT2D eigenvalue weighted by molar-refractivity contribution is 5.95. The van der Waals surface area contributed by atoms with E-state index in [9.17, 15) is 34.2 Å². The third-order valence-electron chi connectivity index (χ3n) is 12.6. The van der Waals surface area contributed by atoms with Crippen LogP contribution < -0.4 is 5.32 Å². The number of fused-ring (bicyclic) bond motifs is 5. The number of aliphatic hydroxyl groups excluding tert-OH is 1. The molecule has 3 aromatic rings. The van der Waals surface area contributed by atoms with Gasteiger partial charge in [-0.3, -0.25) is 24.0 Å². The van der Waals surface area contributed by atoms with E-state index in [0.717, 1.165) is 12.5 Å². The van der Waals surface area contributed by atoms with E-state index in [1.54, 1.807) is 63.4 Å². The van der Waals surface area contributed by atoms with Crippen molar-refractivity contribution in [3.05, 3.63) is 119 Å². The number of hydrogen-bond donors (Lipinski definition) is 5. The monoisotopic (exact) mass is 857 g/mol. The summed E-state index contributed by atoms with van der Waals surface area (Å²) in [6.45, 7) is 10.0. The van der Waals surface area contributed by atoms with Gasteiger partial charge in [0.25, 0.3) is 11.9 Å². The smallest absolute Gasteiger partial charge is 0.335 e. The second-order valence-corrected chi connectivity index (χ2v) is 16.8. The van der Waals surface area contributed by atoms with Crippen LogP contribution in [0.15, 0.2) is 102 Å². The summed E-state index contributed by atoms with van der Waals surface area (Å²) in [5.41, 5.74) is -0.488. The van der Waals surface area contributed by atoms with Crippen molar-refractivity contribution in [1.29, 1.82) is 0 Å². The Morgan fingerprint density at radius 3 is 1.82 bits per heavy atom. The summed E-state index contributed by atoms with van der Waals surface area (Å²) in [6.07, 6.45) is -1.90. The number of benzene rings is 3. The number of aromatic carboxylic acids is 1. The second-order valence-electron chi connectivity index (χ2n) is 16.8. The van der Waals surface area contributed by atoms with Gasteiger partial charge in [-0.1, -0.05) is 80.6 Å². The number of carboxylic acid groups (broad SMARTS) is 2. The van der Waals surface area contributed by atoms with Gasteiger partial charge in [-0.05, 0) is 73.6 Å². The zero-order valence-corrected chi connectivity index (χ0v) is 36.3. The number of carboxylic acids is 2. The summed E-state index contributed by atoms with van der Waals surface area (Å²) in [4.78, 5) is 69.8. The molecule has 1 saturated heterocycles. The van der Waals surface area contributed by atoms with Crippen LogP contribution >= 0.6 is 0 Å². The lowest BCUT2D eigenvalue weighted by Gasteiger charge is -2.62. The molecule has 7 unspecified atom stereocenters. The van der Waals surface area contributed by atoms with Crippen molar-refractivity contribution in [2.24, 2.45) is 22.7 Å². The first-order valence-corrected chi connectivity index (χ1v) is 20.6. The average Bonchev–Trinajstić information content (AvgIpc) is 3.22. The van der Waals surface area contributed by atoms with Gasteiger partial charge < -0.3 is 40.0 Å². The van der Waals surface area contributed by atoms with Crippen molar-refractivity contribution in [1.82, 2.24) is 5.32 Å². The molecule has 2 saturated carbocycles. The van der Waals surface area contributed by atoms with Crippen LogP contribution in [0.2, 0.25) is 0 Å². The predicted molar refractivity (Wildman–Crippen MR) is 228 cm³/mol. The van der Waals surface area contributed by atoms with Gasteiger partial charge in [0.05, 0.1) is 35.4 Å². The van der Waals surface area contributed by atoms with Crippen LogP contribution in [0.4, 0.5) is 0 Å². The van der Waals surface area contributed by atoms with Gasteiger partial charge in [0.2, 0.25) is 0 Å². The molecule has 0 radical (unpaired) electrons. The molecule has 3 aromatic carbocycles. The molecule has 62 heavy (non-hydrogen) atoms. The number of carbonyl (C=O) groups excluding carboxylic acids is 4. The van der Waals surface area contributed by atoms with Crippen LogP contribution in [-0.4, -0.2) is 99.7 Å². The zero-order chi connectivity index (χ0) is 46.0. The number of hydrogen-bond acceptors (Lipinski definition) is 11. The summed E-state index contributed by atoms with van der Waals surface area (Å²) < 4.78 is 17.4. The van der Waals surface area contributed by atoms with Crippen LogP contribution in [0, 0.1) is 22.7 Å². The molecule has 3 fully saturated rings. The molecule has 14 heteroatoms. The van der Waals surface area contributed by atoms with Gasteiger partial charge in [0.15, 0.2) is 11.9 Å². The minimum absolute atomic E-state index is 0.0134. The molecule has 0 spiro atoms. The predicted octanol–water partition coefficient (Wildman–Crippen LogP) is 5.84. The Hall–Kier alpha value is -5.70. The quantitative estimate of drug-likeness (QED) is 0.139. The molecule has 14 nitrogen and oxygen atoms in total. The number of aliphatic carboxylic acids is 1. The lowest BCUT2D eigenvalue weighted by molar-refractivity contribution is -0.244. The highest BCUT2D eigenvalue weighted by Crippen LogP contribution is 2.61. The fourth-order valence-electron chi connectivity index (χ4n) is 8.94.